The van der Waals surface area contributed by atoms with Crippen molar-refractivity contribution in [1.82, 2.24) is 19.5 Å². The smallest absolute Gasteiger partial charge is 0.325 e. The molecule has 1 aliphatic rings. The van der Waals surface area contributed by atoms with Crippen LogP contribution < -0.4 is 5.73 Å². The number of nitrogen functional groups attached to an aromatic ring is 1. The summed E-state index contributed by atoms with van der Waals surface area (Å²) in [6.07, 6.45) is 3.17. The zero-order chi connectivity index (χ0) is 21.6. The van der Waals surface area contributed by atoms with Gasteiger partial charge in [-0.1, -0.05) is 20.8 Å². The lowest BCUT2D eigenvalue weighted by atomic mass is 9.87. The first-order valence-electron chi connectivity index (χ1n) is 9.54. The molecule has 3 rings (SSSR count). The van der Waals surface area contributed by atoms with Crippen molar-refractivity contribution < 1.29 is 18.7 Å². The van der Waals surface area contributed by atoms with Crippen LogP contribution in [0.3, 0.4) is 0 Å². The highest BCUT2D eigenvalue weighted by Gasteiger charge is 2.42. The Bertz CT molecular complexity index is 923. The third-order valence-corrected chi connectivity index (χ3v) is 6.15. The molecular weight excluding hydrogens is 413 g/mol. The molecule has 0 amide bonds. The molecule has 0 aromatic carbocycles. The molecule has 1 aliphatic heterocycles. The topological polar surface area (TPSA) is 118 Å². The van der Waals surface area contributed by atoms with Crippen LogP contribution in [0, 0.1) is 5.41 Å². The molecule has 1 saturated heterocycles. The average Bonchev–Trinajstić information content (AvgIpc) is 3.08. The predicted molar refractivity (Wildman–Crippen MR) is 115 cm³/mol. The maximum absolute atomic E-state index is 10.6. The van der Waals surface area contributed by atoms with Gasteiger partial charge in [-0.25, -0.2) is 15.0 Å². The third-order valence-electron chi connectivity index (χ3n) is 4.35. The van der Waals surface area contributed by atoms with E-state index in [1.807, 2.05) is 25.3 Å². The maximum Gasteiger partial charge on any atom is 0.325 e. The summed E-state index contributed by atoms with van der Waals surface area (Å²) < 4.78 is 19.7. The SMILES string of the molecule is CC(C)(C)C[C@H]1O[C@@H](n2cnc3c(N)ncnc32)CC1OP(O)(=S)OC(C)(C)C. The Hall–Kier alpha value is -1.16. The van der Waals surface area contributed by atoms with Crippen LogP contribution in [0.1, 0.15) is 60.6 Å². The fraction of sp³-hybridized carbons (Fsp3) is 0.722. The first-order chi connectivity index (χ1) is 13.2. The Labute approximate surface area is 176 Å². The van der Waals surface area contributed by atoms with Crippen molar-refractivity contribution in [3.63, 3.8) is 0 Å². The number of imidazole rings is 1. The molecule has 0 bridgehead atoms. The maximum atomic E-state index is 10.6. The van der Waals surface area contributed by atoms with Gasteiger partial charge in [-0.3, -0.25) is 4.57 Å². The molecule has 4 atom stereocenters. The number of anilines is 1. The molecule has 0 radical (unpaired) electrons. The largest absolute Gasteiger partial charge is 0.382 e. The van der Waals surface area contributed by atoms with Gasteiger partial charge in [0.05, 0.1) is 24.1 Å². The molecule has 0 spiro atoms. The van der Waals surface area contributed by atoms with E-state index >= 15 is 0 Å². The molecule has 3 N–H and O–H groups in total. The molecule has 0 saturated carbocycles. The van der Waals surface area contributed by atoms with Gasteiger partial charge in [0.1, 0.15) is 18.1 Å². The van der Waals surface area contributed by atoms with Crippen molar-refractivity contribution in [3.8, 4) is 0 Å². The molecule has 0 aliphatic carbocycles. The molecule has 3 heterocycles. The summed E-state index contributed by atoms with van der Waals surface area (Å²) >= 11 is 5.27. The van der Waals surface area contributed by atoms with E-state index in [1.54, 1.807) is 6.33 Å². The summed E-state index contributed by atoms with van der Waals surface area (Å²) in [4.78, 5) is 23.2. The van der Waals surface area contributed by atoms with Gasteiger partial charge in [-0.2, -0.15) is 0 Å². The number of aromatic nitrogens is 4. The number of nitrogens with two attached hydrogens (primary N) is 1. The zero-order valence-electron chi connectivity index (χ0n) is 17.7. The van der Waals surface area contributed by atoms with Crippen LogP contribution in [-0.4, -0.2) is 42.2 Å². The second-order valence-electron chi connectivity index (χ2n) is 9.53. The Balaban J connectivity index is 1.87. The molecule has 162 valence electrons. The summed E-state index contributed by atoms with van der Waals surface area (Å²) in [5.41, 5.74) is 6.39. The highest BCUT2D eigenvalue weighted by molar-refractivity contribution is 8.07. The molecule has 2 aromatic rings. The Kier molecular flexibility index (Phi) is 6.08. The summed E-state index contributed by atoms with van der Waals surface area (Å²) in [5, 5.41) is 0. The zero-order valence-corrected chi connectivity index (χ0v) is 19.4. The van der Waals surface area contributed by atoms with E-state index in [9.17, 15) is 4.89 Å². The van der Waals surface area contributed by atoms with E-state index in [2.05, 4.69) is 35.7 Å². The van der Waals surface area contributed by atoms with Gasteiger partial charge < -0.3 is 24.4 Å². The highest BCUT2D eigenvalue weighted by Crippen LogP contribution is 2.52. The molecule has 2 aromatic heterocycles. The monoisotopic (exact) mass is 443 g/mol. The van der Waals surface area contributed by atoms with Crippen LogP contribution in [0.25, 0.3) is 11.2 Å². The Morgan fingerprint density at radius 1 is 1.28 bits per heavy atom. The van der Waals surface area contributed by atoms with Crippen molar-refractivity contribution in [2.45, 2.75) is 78.4 Å². The van der Waals surface area contributed by atoms with Crippen LogP contribution in [0.2, 0.25) is 0 Å². The minimum atomic E-state index is -3.44. The molecular formula is C18H30N5O4PS. The van der Waals surface area contributed by atoms with Crippen LogP contribution in [0.15, 0.2) is 12.7 Å². The summed E-state index contributed by atoms with van der Waals surface area (Å²) in [7, 11) is 0. The Morgan fingerprint density at radius 3 is 2.59 bits per heavy atom. The van der Waals surface area contributed by atoms with E-state index in [1.165, 1.54) is 6.33 Å². The summed E-state index contributed by atoms with van der Waals surface area (Å²) in [5.74, 6) is 0.315. The number of ether oxygens (including phenoxy) is 1. The molecule has 1 fully saturated rings. The van der Waals surface area contributed by atoms with E-state index in [-0.39, 0.29) is 17.7 Å². The van der Waals surface area contributed by atoms with Crippen LogP contribution in [-0.2, 0) is 25.6 Å². The number of hydrogen-bond acceptors (Lipinski definition) is 8. The number of hydrogen-bond donors (Lipinski definition) is 2. The van der Waals surface area contributed by atoms with Gasteiger partial charge in [0.2, 0.25) is 0 Å². The fourth-order valence-corrected chi connectivity index (χ4v) is 5.69. The van der Waals surface area contributed by atoms with Gasteiger partial charge >= 0.3 is 6.72 Å². The molecule has 2 unspecified atom stereocenters. The first-order valence-corrected chi connectivity index (χ1v) is 12.1. The third kappa shape index (κ3) is 5.71. The van der Waals surface area contributed by atoms with Crippen LogP contribution in [0.4, 0.5) is 5.82 Å². The van der Waals surface area contributed by atoms with Crippen molar-refractivity contribution in [2.75, 3.05) is 5.73 Å². The predicted octanol–water partition coefficient (Wildman–Crippen LogP) is 3.55. The first kappa shape index (κ1) is 22.5. The van der Waals surface area contributed by atoms with Crippen molar-refractivity contribution in [2.24, 2.45) is 5.41 Å². The second kappa shape index (κ2) is 7.83. The lowest BCUT2D eigenvalue weighted by molar-refractivity contribution is -0.0360. The van der Waals surface area contributed by atoms with Gasteiger partial charge in [0.15, 0.2) is 11.5 Å². The van der Waals surface area contributed by atoms with Crippen molar-refractivity contribution in [3.05, 3.63) is 12.7 Å². The molecule has 29 heavy (non-hydrogen) atoms. The van der Waals surface area contributed by atoms with Crippen molar-refractivity contribution in [1.29, 1.82) is 0 Å². The summed E-state index contributed by atoms with van der Waals surface area (Å²) in [6, 6.07) is 0. The van der Waals surface area contributed by atoms with E-state index in [0.29, 0.717) is 23.4 Å². The lowest BCUT2D eigenvalue weighted by Crippen LogP contribution is -2.29. The second-order valence-corrected chi connectivity index (χ2v) is 12.2. The average molecular weight is 444 g/mol. The standard InChI is InChI=1S/C18H30N5O4PS/c1-17(2,3)8-12-11(26-28(24,29)27-18(4,5)6)7-13(25-12)23-10-22-14-15(19)20-9-21-16(14)23/h9-13H,7-8H2,1-6H3,(H,24,29)(H2,19,20,21)/t11?,12-,13-,28?/m1/s1. The number of fused-ring (bicyclic) bond motifs is 1. The van der Waals surface area contributed by atoms with Gasteiger partial charge in [0, 0.05) is 6.42 Å². The minimum Gasteiger partial charge on any atom is -0.382 e. The molecule has 9 nitrogen and oxygen atoms in total. The van der Waals surface area contributed by atoms with Gasteiger partial charge in [-0.05, 0) is 44.4 Å². The number of nitrogens with zero attached hydrogens (tertiary/aromatic N) is 4. The van der Waals surface area contributed by atoms with E-state index in [0.717, 1.165) is 6.42 Å². The van der Waals surface area contributed by atoms with E-state index < -0.39 is 18.4 Å². The van der Waals surface area contributed by atoms with Crippen LogP contribution in [0.5, 0.6) is 0 Å². The van der Waals surface area contributed by atoms with Gasteiger partial charge in [0.25, 0.3) is 0 Å². The van der Waals surface area contributed by atoms with Crippen molar-refractivity contribution >= 4 is 35.5 Å². The summed E-state index contributed by atoms with van der Waals surface area (Å²) in [6.45, 7) is 8.43. The fourth-order valence-electron chi connectivity index (χ4n) is 3.39. The van der Waals surface area contributed by atoms with Crippen LogP contribution >= 0.6 is 6.72 Å². The quantitative estimate of drug-likeness (QED) is 0.669. The lowest BCUT2D eigenvalue weighted by Gasteiger charge is -2.31. The normalized spacial score (nSPS) is 25.4. The minimum absolute atomic E-state index is 0.00628. The molecule has 11 heteroatoms. The Morgan fingerprint density at radius 2 is 1.97 bits per heavy atom. The van der Waals surface area contributed by atoms with Gasteiger partial charge in [-0.15, -0.1) is 0 Å². The van der Waals surface area contributed by atoms with E-state index in [4.69, 9.17) is 31.3 Å². The number of rotatable bonds is 5. The highest BCUT2D eigenvalue weighted by atomic mass is 32.5.